The fourth-order valence-electron chi connectivity index (χ4n) is 3.69. The second kappa shape index (κ2) is 6.39. The molecule has 0 unspecified atom stereocenters. The van der Waals surface area contributed by atoms with Crippen molar-refractivity contribution >= 4 is 49.8 Å². The maximum absolute atomic E-state index is 13.0. The van der Waals surface area contributed by atoms with Crippen molar-refractivity contribution in [1.82, 2.24) is 14.5 Å². The first-order valence-corrected chi connectivity index (χ1v) is 10.4. The molecule has 1 aliphatic carbocycles. The van der Waals surface area contributed by atoms with Crippen LogP contribution in [0.15, 0.2) is 45.4 Å². The number of hydrogen-bond acceptors (Lipinski definition) is 7. The van der Waals surface area contributed by atoms with Gasteiger partial charge in [0.25, 0.3) is 11.2 Å². The number of rotatable bonds is 3. The summed E-state index contributed by atoms with van der Waals surface area (Å²) in [6.07, 6.45) is 6.16. The molecule has 0 radical (unpaired) electrons. The van der Waals surface area contributed by atoms with Gasteiger partial charge < -0.3 is 0 Å². The van der Waals surface area contributed by atoms with Crippen LogP contribution in [0.5, 0.6) is 0 Å². The maximum Gasteiger partial charge on any atom is 0.278 e. The average molecular weight is 410 g/mol. The number of aryl methyl sites for hydroxylation is 2. The quantitative estimate of drug-likeness (QED) is 0.287. The molecule has 0 atom stereocenters. The summed E-state index contributed by atoms with van der Waals surface area (Å²) >= 11 is 2.95. The van der Waals surface area contributed by atoms with Crippen molar-refractivity contribution < 1.29 is 4.92 Å². The van der Waals surface area contributed by atoms with Crippen LogP contribution in [0.1, 0.15) is 16.9 Å². The molecule has 9 heteroatoms. The fraction of sp³-hybridized carbons (Fsp3) is 0.211. The molecule has 0 fully saturated rings. The molecule has 0 spiro atoms. The van der Waals surface area contributed by atoms with E-state index in [1.165, 1.54) is 28.9 Å². The summed E-state index contributed by atoms with van der Waals surface area (Å²) in [7, 11) is 1.73. The molecule has 3 heterocycles. The molecule has 0 saturated heterocycles. The van der Waals surface area contributed by atoms with Crippen molar-refractivity contribution in [3.8, 4) is 0 Å². The number of thiophene rings is 1. The van der Waals surface area contributed by atoms with Crippen molar-refractivity contribution in [3.05, 3.63) is 61.5 Å². The van der Waals surface area contributed by atoms with E-state index < -0.39 is 4.92 Å². The Kier molecular flexibility index (Phi) is 3.95. The van der Waals surface area contributed by atoms with Gasteiger partial charge in [0, 0.05) is 40.7 Å². The van der Waals surface area contributed by atoms with Gasteiger partial charge in [-0.05, 0) is 37.0 Å². The Labute approximate surface area is 167 Å². The molecule has 7 nitrogen and oxygen atoms in total. The fourth-order valence-corrected chi connectivity index (χ4v) is 5.98. The average Bonchev–Trinajstić information content (AvgIpc) is 3.26. The first kappa shape index (κ1) is 17.3. The van der Waals surface area contributed by atoms with Crippen LogP contribution in [0.25, 0.3) is 21.0 Å². The van der Waals surface area contributed by atoms with Crippen LogP contribution in [0.3, 0.4) is 0 Å². The van der Waals surface area contributed by atoms with Crippen molar-refractivity contribution in [2.24, 2.45) is 7.05 Å². The zero-order valence-electron chi connectivity index (χ0n) is 14.8. The summed E-state index contributed by atoms with van der Waals surface area (Å²) in [5, 5.41) is 13.8. The SMILES string of the molecule is Cn1c(Sc2ccc([N+](=O)[O-])c3cnccc23)nc2sc3c(c2c1=O)CCC3. The zero-order valence-corrected chi connectivity index (χ0v) is 16.5. The second-order valence-corrected chi connectivity index (χ2v) is 8.75. The topological polar surface area (TPSA) is 90.9 Å². The lowest BCUT2D eigenvalue weighted by Crippen LogP contribution is -2.20. The third kappa shape index (κ3) is 2.54. The van der Waals surface area contributed by atoms with Crippen molar-refractivity contribution in [2.45, 2.75) is 29.3 Å². The molecular weight excluding hydrogens is 396 g/mol. The lowest BCUT2D eigenvalue weighted by Gasteiger charge is -2.10. The third-order valence-electron chi connectivity index (χ3n) is 5.06. The highest BCUT2D eigenvalue weighted by Gasteiger charge is 2.23. The highest BCUT2D eigenvalue weighted by molar-refractivity contribution is 7.99. The van der Waals surface area contributed by atoms with Gasteiger partial charge in [-0.2, -0.15) is 0 Å². The summed E-state index contributed by atoms with van der Waals surface area (Å²) in [4.78, 5) is 35.5. The molecule has 0 saturated carbocycles. The van der Waals surface area contributed by atoms with E-state index in [4.69, 9.17) is 4.98 Å². The molecule has 0 bridgehead atoms. The zero-order chi connectivity index (χ0) is 19.4. The van der Waals surface area contributed by atoms with Gasteiger partial charge in [0.15, 0.2) is 5.16 Å². The second-order valence-electron chi connectivity index (χ2n) is 6.66. The standard InChI is InChI=1S/C19H14N4O3S2/c1-22-18(24)16-11-3-2-4-14(11)27-17(16)21-19(22)28-15-6-5-13(23(25)26)12-9-20-8-7-10(12)15/h5-9H,2-4H2,1H3. The van der Waals surface area contributed by atoms with Gasteiger partial charge >= 0.3 is 0 Å². The Morgan fingerprint density at radius 3 is 2.93 bits per heavy atom. The summed E-state index contributed by atoms with van der Waals surface area (Å²) < 4.78 is 1.58. The van der Waals surface area contributed by atoms with E-state index in [2.05, 4.69) is 4.98 Å². The highest BCUT2D eigenvalue weighted by atomic mass is 32.2. The van der Waals surface area contributed by atoms with E-state index in [0.29, 0.717) is 10.5 Å². The number of hydrogen-bond donors (Lipinski definition) is 0. The summed E-state index contributed by atoms with van der Waals surface area (Å²) in [5.74, 6) is 0. The number of nitrogens with zero attached hydrogens (tertiary/aromatic N) is 4. The molecule has 0 amide bonds. The van der Waals surface area contributed by atoms with Gasteiger partial charge in [-0.15, -0.1) is 11.3 Å². The molecule has 1 aromatic carbocycles. The minimum Gasteiger partial charge on any atom is -0.290 e. The largest absolute Gasteiger partial charge is 0.290 e. The van der Waals surface area contributed by atoms with Crippen LogP contribution in [-0.4, -0.2) is 19.5 Å². The van der Waals surface area contributed by atoms with Crippen LogP contribution < -0.4 is 5.56 Å². The van der Waals surface area contributed by atoms with Gasteiger partial charge in [0.05, 0.1) is 15.7 Å². The Bertz CT molecular complexity index is 1340. The molecule has 5 rings (SSSR count). The van der Waals surface area contributed by atoms with E-state index in [9.17, 15) is 14.9 Å². The smallest absolute Gasteiger partial charge is 0.278 e. The molecule has 3 aromatic heterocycles. The van der Waals surface area contributed by atoms with Gasteiger partial charge in [-0.1, -0.05) is 11.8 Å². The van der Waals surface area contributed by atoms with E-state index in [1.54, 1.807) is 41.3 Å². The number of aromatic nitrogens is 3. The minimum atomic E-state index is -0.411. The number of non-ortho nitro benzene ring substituents is 1. The normalized spacial score (nSPS) is 13.3. The Hall–Kier alpha value is -2.78. The maximum atomic E-state index is 13.0. The van der Waals surface area contributed by atoms with Gasteiger partial charge in [0.1, 0.15) is 4.83 Å². The highest BCUT2D eigenvalue weighted by Crippen LogP contribution is 2.38. The lowest BCUT2D eigenvalue weighted by molar-refractivity contribution is -0.383. The molecule has 140 valence electrons. The first-order valence-electron chi connectivity index (χ1n) is 8.75. The van der Waals surface area contributed by atoms with Crippen molar-refractivity contribution in [2.75, 3.05) is 0 Å². The number of nitro groups is 1. The Morgan fingerprint density at radius 2 is 2.11 bits per heavy atom. The molecule has 0 aliphatic heterocycles. The summed E-state index contributed by atoms with van der Waals surface area (Å²) in [5.41, 5.74) is 1.15. The summed E-state index contributed by atoms with van der Waals surface area (Å²) in [6, 6.07) is 4.93. The van der Waals surface area contributed by atoms with Gasteiger partial charge in [0.2, 0.25) is 0 Å². The third-order valence-corrected chi connectivity index (χ3v) is 7.37. The van der Waals surface area contributed by atoms with Crippen LogP contribution >= 0.6 is 23.1 Å². The predicted octanol–water partition coefficient (Wildman–Crippen LogP) is 4.09. The number of benzene rings is 1. The molecule has 1 aliphatic rings. The van der Waals surface area contributed by atoms with Gasteiger partial charge in [-0.25, -0.2) is 4.98 Å². The number of nitro benzene ring substituents is 1. The van der Waals surface area contributed by atoms with Crippen LogP contribution in [0.4, 0.5) is 5.69 Å². The summed E-state index contributed by atoms with van der Waals surface area (Å²) in [6.45, 7) is 0. The van der Waals surface area contributed by atoms with E-state index in [1.807, 2.05) is 0 Å². The lowest BCUT2D eigenvalue weighted by atomic mass is 10.1. The monoisotopic (exact) mass is 410 g/mol. The molecule has 28 heavy (non-hydrogen) atoms. The predicted molar refractivity (Wildman–Crippen MR) is 109 cm³/mol. The van der Waals surface area contributed by atoms with Crippen LogP contribution in [-0.2, 0) is 19.9 Å². The van der Waals surface area contributed by atoms with Crippen molar-refractivity contribution in [1.29, 1.82) is 0 Å². The van der Waals surface area contributed by atoms with Crippen LogP contribution in [0, 0.1) is 10.1 Å². The Morgan fingerprint density at radius 1 is 1.25 bits per heavy atom. The minimum absolute atomic E-state index is 0.0134. The van der Waals surface area contributed by atoms with E-state index >= 15 is 0 Å². The molecule has 4 aromatic rings. The first-order chi connectivity index (χ1) is 13.5. The van der Waals surface area contributed by atoms with Crippen molar-refractivity contribution in [3.63, 3.8) is 0 Å². The van der Waals surface area contributed by atoms with E-state index in [-0.39, 0.29) is 11.2 Å². The van der Waals surface area contributed by atoms with E-state index in [0.717, 1.165) is 45.3 Å². The molecular formula is C19H14N4O3S2. The van der Waals surface area contributed by atoms with Gasteiger partial charge in [-0.3, -0.25) is 24.5 Å². The Balaban J connectivity index is 1.67. The number of pyridine rings is 1. The molecule has 0 N–H and O–H groups in total. The van der Waals surface area contributed by atoms with Crippen LogP contribution in [0.2, 0.25) is 0 Å². The number of fused-ring (bicyclic) bond motifs is 4.